The van der Waals surface area contributed by atoms with E-state index in [0.29, 0.717) is 12.0 Å². The maximum Gasteiger partial charge on any atom is 0.225 e. The zero-order chi connectivity index (χ0) is 16.4. The molecule has 0 aliphatic carbocycles. The standard InChI is InChI=1S/C17H25N7/c1-13-9-16-21-11-14(12-24(16)22-13)10-20-15-3-7-23(8-4-15)17-18-5-2-6-19-17/h2,5-6,9,14-15,20-21H,3-4,7-8,10-12H2,1H3/t14-/m1/s1. The molecule has 1 saturated heterocycles. The summed E-state index contributed by atoms with van der Waals surface area (Å²) in [5, 5.41) is 11.8. The van der Waals surface area contributed by atoms with Gasteiger partial charge in [0.2, 0.25) is 5.95 Å². The predicted octanol–water partition coefficient (Wildman–Crippen LogP) is 1.28. The number of nitrogens with zero attached hydrogens (tertiary/aromatic N) is 5. The predicted molar refractivity (Wildman–Crippen MR) is 94.2 cm³/mol. The fourth-order valence-electron chi connectivity index (χ4n) is 3.59. The van der Waals surface area contributed by atoms with Gasteiger partial charge in [-0.15, -0.1) is 0 Å². The molecule has 2 aromatic rings. The minimum Gasteiger partial charge on any atom is -0.370 e. The Hall–Kier alpha value is -2.15. The van der Waals surface area contributed by atoms with Crippen LogP contribution in [0.1, 0.15) is 18.5 Å². The fraction of sp³-hybridized carbons (Fsp3) is 0.588. The lowest BCUT2D eigenvalue weighted by Crippen LogP contribution is -2.46. The number of fused-ring (bicyclic) bond motifs is 1. The summed E-state index contributed by atoms with van der Waals surface area (Å²) in [6.07, 6.45) is 5.91. The number of aromatic nitrogens is 4. The zero-order valence-corrected chi connectivity index (χ0v) is 14.1. The van der Waals surface area contributed by atoms with E-state index in [1.165, 1.54) is 0 Å². The van der Waals surface area contributed by atoms with Crippen molar-refractivity contribution in [2.45, 2.75) is 32.4 Å². The van der Waals surface area contributed by atoms with Crippen LogP contribution in [0.15, 0.2) is 24.5 Å². The van der Waals surface area contributed by atoms with E-state index >= 15 is 0 Å². The summed E-state index contributed by atoms with van der Waals surface area (Å²) < 4.78 is 2.10. The van der Waals surface area contributed by atoms with Gasteiger partial charge in [-0.05, 0) is 25.8 Å². The first-order valence-electron chi connectivity index (χ1n) is 8.81. The number of hydrogen-bond acceptors (Lipinski definition) is 6. The van der Waals surface area contributed by atoms with Gasteiger partial charge in [0.15, 0.2) is 0 Å². The van der Waals surface area contributed by atoms with Crippen molar-refractivity contribution in [3.05, 3.63) is 30.2 Å². The molecule has 2 aliphatic heterocycles. The smallest absolute Gasteiger partial charge is 0.225 e. The Bertz CT molecular complexity index is 661. The Kier molecular flexibility index (Phi) is 4.34. The fourth-order valence-corrected chi connectivity index (χ4v) is 3.59. The highest BCUT2D eigenvalue weighted by Gasteiger charge is 2.23. The molecule has 2 aromatic heterocycles. The second-order valence-electron chi connectivity index (χ2n) is 6.82. The van der Waals surface area contributed by atoms with Gasteiger partial charge in [0.05, 0.1) is 5.69 Å². The van der Waals surface area contributed by atoms with Gasteiger partial charge in [-0.1, -0.05) is 0 Å². The van der Waals surface area contributed by atoms with E-state index in [1.54, 1.807) is 0 Å². The van der Waals surface area contributed by atoms with Crippen LogP contribution in [0, 0.1) is 12.8 Å². The third kappa shape index (κ3) is 3.36. The van der Waals surface area contributed by atoms with Crippen LogP contribution in [-0.4, -0.2) is 52.0 Å². The van der Waals surface area contributed by atoms with Gasteiger partial charge >= 0.3 is 0 Å². The van der Waals surface area contributed by atoms with Crippen molar-refractivity contribution in [1.82, 2.24) is 25.1 Å². The number of anilines is 2. The number of nitrogens with one attached hydrogen (secondary N) is 2. The molecule has 0 spiro atoms. The summed E-state index contributed by atoms with van der Waals surface area (Å²) in [7, 11) is 0. The largest absolute Gasteiger partial charge is 0.370 e. The molecule has 1 fully saturated rings. The summed E-state index contributed by atoms with van der Waals surface area (Å²) in [6.45, 7) is 7.15. The molecule has 128 valence electrons. The Morgan fingerprint density at radius 1 is 1.25 bits per heavy atom. The van der Waals surface area contributed by atoms with Crippen LogP contribution in [0.3, 0.4) is 0 Å². The van der Waals surface area contributed by atoms with Crippen LogP contribution in [0.4, 0.5) is 11.8 Å². The van der Waals surface area contributed by atoms with Crippen molar-refractivity contribution >= 4 is 11.8 Å². The molecule has 0 saturated carbocycles. The molecule has 2 aliphatic rings. The van der Waals surface area contributed by atoms with Gasteiger partial charge in [0.25, 0.3) is 0 Å². The molecule has 4 rings (SSSR count). The second-order valence-corrected chi connectivity index (χ2v) is 6.82. The molecule has 0 unspecified atom stereocenters. The Balaban J connectivity index is 1.24. The minimum absolute atomic E-state index is 0.589. The van der Waals surface area contributed by atoms with Crippen LogP contribution in [0.2, 0.25) is 0 Å². The number of hydrogen-bond donors (Lipinski definition) is 2. The number of aryl methyl sites for hydroxylation is 1. The van der Waals surface area contributed by atoms with Gasteiger partial charge < -0.3 is 15.5 Å². The molecule has 7 heteroatoms. The van der Waals surface area contributed by atoms with Crippen LogP contribution < -0.4 is 15.5 Å². The SMILES string of the molecule is Cc1cc2n(n1)C[C@H](CNC1CCN(c3ncccn3)CC1)CN2. The average molecular weight is 327 g/mol. The lowest BCUT2D eigenvalue weighted by molar-refractivity contribution is 0.341. The topological polar surface area (TPSA) is 70.9 Å². The normalized spacial score (nSPS) is 21.4. The van der Waals surface area contributed by atoms with Gasteiger partial charge in [-0.25, -0.2) is 14.6 Å². The molecule has 7 nitrogen and oxygen atoms in total. The van der Waals surface area contributed by atoms with E-state index in [9.17, 15) is 0 Å². The number of piperidine rings is 1. The maximum atomic E-state index is 4.55. The monoisotopic (exact) mass is 327 g/mol. The summed E-state index contributed by atoms with van der Waals surface area (Å²) >= 11 is 0. The third-order valence-electron chi connectivity index (χ3n) is 4.93. The van der Waals surface area contributed by atoms with E-state index in [4.69, 9.17) is 0 Å². The Morgan fingerprint density at radius 2 is 2.04 bits per heavy atom. The van der Waals surface area contributed by atoms with E-state index < -0.39 is 0 Å². The third-order valence-corrected chi connectivity index (χ3v) is 4.93. The lowest BCUT2D eigenvalue weighted by atomic mass is 10.0. The van der Waals surface area contributed by atoms with Crippen LogP contribution in [-0.2, 0) is 6.54 Å². The minimum atomic E-state index is 0.589. The first-order valence-corrected chi connectivity index (χ1v) is 8.81. The molecule has 0 bridgehead atoms. The molecule has 24 heavy (non-hydrogen) atoms. The molecule has 0 aromatic carbocycles. The maximum absolute atomic E-state index is 4.55. The van der Waals surface area contributed by atoms with Crippen LogP contribution in [0.25, 0.3) is 0 Å². The van der Waals surface area contributed by atoms with E-state index in [0.717, 1.165) is 63.0 Å². The van der Waals surface area contributed by atoms with Crippen molar-refractivity contribution in [3.8, 4) is 0 Å². The highest BCUT2D eigenvalue weighted by atomic mass is 15.3. The molecular weight excluding hydrogens is 302 g/mol. The summed E-state index contributed by atoms with van der Waals surface area (Å²) in [5.41, 5.74) is 1.08. The van der Waals surface area contributed by atoms with E-state index in [-0.39, 0.29) is 0 Å². The van der Waals surface area contributed by atoms with Crippen molar-refractivity contribution in [3.63, 3.8) is 0 Å². The highest BCUT2D eigenvalue weighted by Crippen LogP contribution is 2.19. The number of rotatable bonds is 4. The van der Waals surface area contributed by atoms with Crippen LogP contribution >= 0.6 is 0 Å². The van der Waals surface area contributed by atoms with Crippen molar-refractivity contribution in [1.29, 1.82) is 0 Å². The summed E-state index contributed by atoms with van der Waals surface area (Å²) in [6, 6.07) is 4.57. The molecule has 2 N–H and O–H groups in total. The summed E-state index contributed by atoms with van der Waals surface area (Å²) in [4.78, 5) is 11.0. The van der Waals surface area contributed by atoms with Crippen LogP contribution in [0.5, 0.6) is 0 Å². The molecular formula is C17H25N7. The van der Waals surface area contributed by atoms with Gasteiger partial charge in [-0.2, -0.15) is 5.10 Å². The van der Waals surface area contributed by atoms with E-state index in [1.807, 2.05) is 25.4 Å². The average Bonchev–Trinajstić information content (AvgIpc) is 3.00. The lowest BCUT2D eigenvalue weighted by Gasteiger charge is -2.34. The van der Waals surface area contributed by atoms with Gasteiger partial charge in [-0.3, -0.25) is 0 Å². The second kappa shape index (κ2) is 6.76. The van der Waals surface area contributed by atoms with E-state index in [2.05, 4.69) is 41.3 Å². The summed E-state index contributed by atoms with van der Waals surface area (Å²) in [5.74, 6) is 2.60. The van der Waals surface area contributed by atoms with Gasteiger partial charge in [0.1, 0.15) is 5.82 Å². The molecule has 1 atom stereocenters. The first kappa shape index (κ1) is 15.4. The molecule has 0 radical (unpaired) electrons. The van der Waals surface area contributed by atoms with Gasteiger partial charge in [0, 0.05) is 63.1 Å². The quantitative estimate of drug-likeness (QED) is 0.882. The Labute approximate surface area is 142 Å². The Morgan fingerprint density at radius 3 is 2.83 bits per heavy atom. The van der Waals surface area contributed by atoms with Crippen molar-refractivity contribution in [2.75, 3.05) is 36.4 Å². The van der Waals surface area contributed by atoms with Crippen molar-refractivity contribution in [2.24, 2.45) is 5.92 Å². The molecule has 0 amide bonds. The highest BCUT2D eigenvalue weighted by molar-refractivity contribution is 5.38. The van der Waals surface area contributed by atoms with Crippen molar-refractivity contribution < 1.29 is 0 Å². The first-order chi connectivity index (χ1) is 11.8. The zero-order valence-electron chi connectivity index (χ0n) is 14.1. The molecule has 4 heterocycles.